The Kier molecular flexibility index (Phi) is 2.64. The Morgan fingerprint density at radius 2 is 2.00 bits per heavy atom. The molecule has 0 aliphatic heterocycles. The molecule has 0 bridgehead atoms. The van der Waals surface area contributed by atoms with Crippen molar-refractivity contribution in [3.63, 3.8) is 0 Å². The van der Waals surface area contributed by atoms with Crippen LogP contribution in [0.2, 0.25) is 0 Å². The minimum absolute atomic E-state index is 0. The van der Waals surface area contributed by atoms with Crippen LogP contribution in [0.3, 0.4) is 0 Å². The van der Waals surface area contributed by atoms with Crippen molar-refractivity contribution in [2.75, 3.05) is 0 Å². The summed E-state index contributed by atoms with van der Waals surface area (Å²) in [6.45, 7) is 2.23. The molecule has 1 unspecified atom stereocenters. The summed E-state index contributed by atoms with van der Waals surface area (Å²) < 4.78 is 0. The number of rotatable bonds is 0. The summed E-state index contributed by atoms with van der Waals surface area (Å²) in [6, 6.07) is 0. The quantitative estimate of drug-likeness (QED) is 0.718. The average molecular weight is 273 g/mol. The predicted molar refractivity (Wildman–Crippen MR) is 56.8 cm³/mol. The summed E-state index contributed by atoms with van der Waals surface area (Å²) in [5, 5.41) is 9.57. The van der Waals surface area contributed by atoms with Crippen molar-refractivity contribution in [2.24, 2.45) is 5.41 Å². The fourth-order valence-electron chi connectivity index (χ4n) is 2.57. The van der Waals surface area contributed by atoms with E-state index in [-0.39, 0.29) is 38.1 Å². The molecular weight excluding hydrogens is 261 g/mol. The molecule has 0 fully saturated rings. The fraction of sp³-hybridized carbons (Fsp3) is 0.231. The Balaban J connectivity index is 0.000000853. The minimum atomic E-state index is 0. The summed E-state index contributed by atoms with van der Waals surface area (Å²) in [5.74, 6) is 0.356. The van der Waals surface area contributed by atoms with Crippen LogP contribution < -0.4 is 0 Å². The van der Waals surface area contributed by atoms with Gasteiger partial charge in [0.05, 0.1) is 0 Å². The van der Waals surface area contributed by atoms with Crippen LogP contribution in [0, 0.1) is 5.41 Å². The average Bonchev–Trinajstić information content (AvgIpc) is 2.56. The molecule has 0 saturated heterocycles. The van der Waals surface area contributed by atoms with E-state index in [1.165, 1.54) is 16.7 Å². The van der Waals surface area contributed by atoms with Crippen LogP contribution in [0.5, 0.6) is 0 Å². The van der Waals surface area contributed by atoms with Gasteiger partial charge in [0, 0.05) is 38.1 Å². The standard InChI is InChI=1S/C13H12O.Y/c1-13-9-2-3-10(13)6-7-12(14)8-11(13)5-4-9;/h2-3,5-8,14H,4H2,1H3;. The number of hydrogen-bond acceptors (Lipinski definition) is 1. The van der Waals surface area contributed by atoms with E-state index in [2.05, 4.69) is 25.2 Å². The second kappa shape index (κ2) is 3.57. The van der Waals surface area contributed by atoms with Gasteiger partial charge in [0.15, 0.2) is 0 Å². The van der Waals surface area contributed by atoms with Crippen molar-refractivity contribution < 1.29 is 37.8 Å². The van der Waals surface area contributed by atoms with Crippen LogP contribution in [-0.4, -0.2) is 5.11 Å². The van der Waals surface area contributed by atoms with Gasteiger partial charge in [0.1, 0.15) is 5.76 Å². The van der Waals surface area contributed by atoms with E-state index >= 15 is 0 Å². The third-order valence-electron chi connectivity index (χ3n) is 3.54. The summed E-state index contributed by atoms with van der Waals surface area (Å²) in [6.07, 6.45) is 13.3. The largest absolute Gasteiger partial charge is 0.508 e. The molecule has 2 heteroatoms. The SMILES string of the molecule is CC12C3=CC=C1CC=C2C=C(O)C=C3.[Y]. The van der Waals surface area contributed by atoms with E-state index in [9.17, 15) is 5.11 Å². The Bertz CT molecular complexity index is 463. The van der Waals surface area contributed by atoms with Gasteiger partial charge in [-0.05, 0) is 36.6 Å². The number of aliphatic hydroxyl groups is 1. The van der Waals surface area contributed by atoms with Crippen molar-refractivity contribution in [2.45, 2.75) is 13.3 Å². The summed E-state index contributed by atoms with van der Waals surface area (Å²) in [4.78, 5) is 0. The van der Waals surface area contributed by atoms with Crippen molar-refractivity contribution >= 4 is 0 Å². The van der Waals surface area contributed by atoms with Crippen LogP contribution in [0.15, 0.2) is 58.9 Å². The monoisotopic (exact) mass is 273 g/mol. The van der Waals surface area contributed by atoms with Gasteiger partial charge >= 0.3 is 0 Å². The van der Waals surface area contributed by atoms with Crippen molar-refractivity contribution in [3.05, 3.63) is 58.9 Å². The van der Waals surface area contributed by atoms with E-state index in [4.69, 9.17) is 0 Å². The van der Waals surface area contributed by atoms with Crippen molar-refractivity contribution in [3.8, 4) is 0 Å². The second-order valence-electron chi connectivity index (χ2n) is 4.21. The van der Waals surface area contributed by atoms with Crippen LogP contribution in [-0.2, 0) is 32.7 Å². The number of hydrogen-bond donors (Lipinski definition) is 1. The molecule has 1 atom stereocenters. The molecule has 0 spiro atoms. The van der Waals surface area contributed by atoms with Gasteiger partial charge in [-0.15, -0.1) is 0 Å². The fourth-order valence-corrected chi connectivity index (χ4v) is 2.57. The summed E-state index contributed by atoms with van der Waals surface area (Å²) >= 11 is 0. The summed E-state index contributed by atoms with van der Waals surface area (Å²) in [7, 11) is 0. The van der Waals surface area contributed by atoms with Crippen molar-refractivity contribution in [1.29, 1.82) is 0 Å². The van der Waals surface area contributed by atoms with Gasteiger partial charge in [0.2, 0.25) is 0 Å². The molecule has 3 aliphatic carbocycles. The number of aliphatic hydroxyl groups excluding tert-OH is 1. The molecule has 1 N–H and O–H groups in total. The molecule has 0 amide bonds. The maximum Gasteiger partial charge on any atom is 0.115 e. The third kappa shape index (κ3) is 1.37. The minimum Gasteiger partial charge on any atom is -0.508 e. The van der Waals surface area contributed by atoms with Gasteiger partial charge in [-0.1, -0.05) is 29.9 Å². The first kappa shape index (κ1) is 11.1. The van der Waals surface area contributed by atoms with Crippen LogP contribution in [0.25, 0.3) is 0 Å². The third-order valence-corrected chi connectivity index (χ3v) is 3.54. The van der Waals surface area contributed by atoms with E-state index in [1.54, 1.807) is 6.08 Å². The molecule has 3 aliphatic rings. The van der Waals surface area contributed by atoms with E-state index in [1.807, 2.05) is 12.2 Å². The molecule has 3 rings (SSSR count). The molecule has 0 aromatic heterocycles. The zero-order chi connectivity index (χ0) is 9.76. The summed E-state index contributed by atoms with van der Waals surface area (Å²) in [5.41, 5.74) is 4.01. The maximum absolute atomic E-state index is 9.57. The van der Waals surface area contributed by atoms with Gasteiger partial charge < -0.3 is 5.11 Å². The normalized spacial score (nSPS) is 30.7. The van der Waals surface area contributed by atoms with Gasteiger partial charge in [-0.3, -0.25) is 0 Å². The zero-order valence-corrected chi connectivity index (χ0v) is 11.5. The van der Waals surface area contributed by atoms with Crippen LogP contribution >= 0.6 is 0 Å². The van der Waals surface area contributed by atoms with E-state index < -0.39 is 0 Å². The molecule has 0 aromatic rings. The maximum atomic E-state index is 9.57. The molecule has 1 radical (unpaired) electrons. The van der Waals surface area contributed by atoms with Crippen LogP contribution in [0.4, 0.5) is 0 Å². The van der Waals surface area contributed by atoms with Crippen molar-refractivity contribution in [1.82, 2.24) is 0 Å². The smallest absolute Gasteiger partial charge is 0.115 e. The molecule has 0 heterocycles. The molecule has 0 aromatic carbocycles. The van der Waals surface area contributed by atoms with Gasteiger partial charge in [-0.25, -0.2) is 0 Å². The Morgan fingerprint density at radius 1 is 1.20 bits per heavy atom. The predicted octanol–water partition coefficient (Wildman–Crippen LogP) is 3.20. The molecule has 15 heavy (non-hydrogen) atoms. The molecular formula is C13H12OY. The second-order valence-corrected chi connectivity index (χ2v) is 4.21. The van der Waals surface area contributed by atoms with E-state index in [0.717, 1.165) is 6.42 Å². The first-order valence-electron chi connectivity index (χ1n) is 4.92. The topological polar surface area (TPSA) is 20.2 Å². The Hall–Kier alpha value is -0.396. The first-order valence-corrected chi connectivity index (χ1v) is 4.92. The van der Waals surface area contributed by atoms with E-state index in [0.29, 0.717) is 5.76 Å². The van der Waals surface area contributed by atoms with Gasteiger partial charge in [0.25, 0.3) is 0 Å². The molecule has 1 nitrogen and oxygen atoms in total. The molecule has 0 saturated carbocycles. The molecule has 73 valence electrons. The first-order chi connectivity index (χ1) is 6.71. The van der Waals surface area contributed by atoms with Crippen LogP contribution in [0.1, 0.15) is 13.3 Å². The zero-order valence-electron chi connectivity index (χ0n) is 8.70. The Labute approximate surface area is 115 Å². The Morgan fingerprint density at radius 3 is 2.80 bits per heavy atom. The van der Waals surface area contributed by atoms with Gasteiger partial charge in [-0.2, -0.15) is 0 Å². The number of allylic oxidation sites excluding steroid dienone is 9.